The van der Waals surface area contributed by atoms with Gasteiger partial charge in [0.1, 0.15) is 0 Å². The number of unbranched alkanes of at least 4 members (excludes halogenated alkanes) is 1. The van der Waals surface area contributed by atoms with Crippen molar-refractivity contribution in [2.24, 2.45) is 0 Å². The molecule has 74 valence electrons. The molecule has 0 aromatic heterocycles. The maximum atomic E-state index is 5.70. The third-order valence-corrected chi connectivity index (χ3v) is 2.14. The van der Waals surface area contributed by atoms with Gasteiger partial charge in [0.25, 0.3) is 0 Å². The van der Waals surface area contributed by atoms with Gasteiger partial charge in [-0.25, -0.2) is 0 Å². The smallest absolute Gasteiger partial charge is 0.353 e. The van der Waals surface area contributed by atoms with Crippen LogP contribution in [-0.4, -0.2) is 13.5 Å². The van der Waals surface area contributed by atoms with Gasteiger partial charge in [-0.05, 0) is 11.9 Å². The highest BCUT2D eigenvalue weighted by atomic mass is 16.4. The molecule has 0 N–H and O–H groups in total. The van der Waals surface area contributed by atoms with Gasteiger partial charge in [-0.2, -0.15) is 0 Å². The monoisotopic (exact) mass is 188 g/mol. The molecule has 0 radical (unpaired) electrons. The lowest BCUT2D eigenvalue weighted by molar-refractivity contribution is 0.323. The zero-order valence-corrected chi connectivity index (χ0v) is 8.78. The molecule has 1 aromatic carbocycles. The average Bonchev–Trinajstić information content (AvgIpc) is 2.26. The molecule has 1 rings (SSSR count). The lowest BCUT2D eigenvalue weighted by atomic mass is 9.61. The summed E-state index contributed by atoms with van der Waals surface area (Å²) in [5.74, 6) is 1.85. The normalized spacial score (nSPS) is 9.79. The summed E-state index contributed by atoms with van der Waals surface area (Å²) in [6.07, 6.45) is 2.27. The summed E-state index contributed by atoms with van der Waals surface area (Å²) < 4.78 is 5.70. The van der Waals surface area contributed by atoms with Crippen molar-refractivity contribution in [3.05, 3.63) is 42.9 Å². The minimum Gasteiger partial charge on any atom is -0.427 e. The number of rotatable bonds is 6. The fraction of sp³-hybridized carbons (Fsp3) is 0.333. The molecular weight excluding hydrogens is 171 g/mol. The molecule has 0 amide bonds. The third-order valence-electron chi connectivity index (χ3n) is 2.14. The van der Waals surface area contributed by atoms with E-state index >= 15 is 0 Å². The van der Waals surface area contributed by atoms with E-state index in [9.17, 15) is 0 Å². The predicted octanol–water partition coefficient (Wildman–Crippen LogP) is 2.43. The Morgan fingerprint density at radius 1 is 1.36 bits per heavy atom. The summed E-state index contributed by atoms with van der Waals surface area (Å²) in [5.41, 5.74) is 1.18. The second kappa shape index (κ2) is 6.44. The van der Waals surface area contributed by atoms with Crippen LogP contribution in [0.25, 0.3) is 0 Å². The van der Waals surface area contributed by atoms with Crippen LogP contribution < -0.4 is 5.46 Å². The molecule has 1 aromatic rings. The maximum absolute atomic E-state index is 5.70. The zero-order chi connectivity index (χ0) is 10.2. The molecule has 0 fully saturated rings. The highest BCUT2D eigenvalue weighted by molar-refractivity contribution is 6.72. The minimum absolute atomic E-state index is 0.0442. The topological polar surface area (TPSA) is 9.23 Å². The molecule has 0 saturated heterocycles. The van der Waals surface area contributed by atoms with Gasteiger partial charge in [0.2, 0.25) is 0 Å². The first-order valence-corrected chi connectivity index (χ1v) is 5.17. The Labute approximate surface area is 86.9 Å². The molecule has 2 heteroatoms. The molecule has 14 heavy (non-hydrogen) atoms. The minimum atomic E-state index is 0.0442. The molecule has 0 bridgehead atoms. The Kier molecular flexibility index (Phi) is 5.09. The van der Waals surface area contributed by atoms with Gasteiger partial charge >= 0.3 is 6.92 Å². The van der Waals surface area contributed by atoms with Crippen molar-refractivity contribution in [3.8, 4) is 0 Å². The van der Waals surface area contributed by atoms with Crippen LogP contribution in [0.5, 0.6) is 0 Å². The van der Waals surface area contributed by atoms with Gasteiger partial charge in [0.05, 0.1) is 0 Å². The Hall–Kier alpha value is -1.02. The van der Waals surface area contributed by atoms with Crippen molar-refractivity contribution < 1.29 is 4.65 Å². The quantitative estimate of drug-likeness (QED) is 0.492. The molecule has 0 aliphatic rings. The molecule has 0 atom stereocenters. The van der Waals surface area contributed by atoms with E-state index in [1.54, 1.807) is 0 Å². The number of hydrogen-bond donors (Lipinski definition) is 0. The van der Waals surface area contributed by atoms with E-state index in [0.717, 1.165) is 13.0 Å². The van der Waals surface area contributed by atoms with Crippen LogP contribution in [0.15, 0.2) is 42.9 Å². The van der Waals surface area contributed by atoms with Crippen LogP contribution in [0.3, 0.4) is 0 Å². The van der Waals surface area contributed by atoms with E-state index in [0.29, 0.717) is 0 Å². The predicted molar refractivity (Wildman–Crippen MR) is 62.9 cm³/mol. The van der Waals surface area contributed by atoms with Crippen LogP contribution in [0.1, 0.15) is 19.8 Å². The second-order valence-electron chi connectivity index (χ2n) is 3.29. The van der Waals surface area contributed by atoms with E-state index in [2.05, 4.69) is 25.6 Å². The lowest BCUT2D eigenvalue weighted by Gasteiger charge is -2.09. The highest BCUT2D eigenvalue weighted by Gasteiger charge is 2.12. The van der Waals surface area contributed by atoms with E-state index in [4.69, 9.17) is 4.65 Å². The van der Waals surface area contributed by atoms with E-state index in [-0.39, 0.29) is 6.92 Å². The standard InChI is InChI=1S/C12H17BO/c1-3-5-11-14-13(4-2)12-9-7-6-8-10-12/h4,6-10H,2-3,5,11H2,1H3. The summed E-state index contributed by atoms with van der Waals surface area (Å²) in [6, 6.07) is 10.2. The first-order chi connectivity index (χ1) is 6.88. The Morgan fingerprint density at radius 3 is 2.64 bits per heavy atom. The van der Waals surface area contributed by atoms with Gasteiger partial charge in [-0.1, -0.05) is 49.7 Å². The van der Waals surface area contributed by atoms with Crippen molar-refractivity contribution >= 4 is 12.4 Å². The third kappa shape index (κ3) is 3.39. The average molecular weight is 188 g/mol. The Bertz CT molecular complexity index is 258. The maximum Gasteiger partial charge on any atom is 0.353 e. The van der Waals surface area contributed by atoms with E-state index < -0.39 is 0 Å². The van der Waals surface area contributed by atoms with Crippen molar-refractivity contribution in [3.63, 3.8) is 0 Å². The van der Waals surface area contributed by atoms with Gasteiger partial charge in [-0.15, -0.1) is 6.58 Å². The molecule has 0 aliphatic carbocycles. The lowest BCUT2D eigenvalue weighted by Crippen LogP contribution is -2.31. The van der Waals surface area contributed by atoms with E-state index in [1.165, 1.54) is 11.9 Å². The zero-order valence-electron chi connectivity index (χ0n) is 8.78. The fourth-order valence-corrected chi connectivity index (χ4v) is 1.30. The largest absolute Gasteiger partial charge is 0.427 e. The summed E-state index contributed by atoms with van der Waals surface area (Å²) in [6.45, 7) is 6.80. The summed E-state index contributed by atoms with van der Waals surface area (Å²) in [5, 5.41) is 0. The molecule has 1 nitrogen and oxygen atoms in total. The number of benzene rings is 1. The van der Waals surface area contributed by atoms with Crippen LogP contribution in [0.4, 0.5) is 0 Å². The van der Waals surface area contributed by atoms with Gasteiger partial charge < -0.3 is 4.65 Å². The van der Waals surface area contributed by atoms with Gasteiger partial charge in [-0.3, -0.25) is 0 Å². The summed E-state index contributed by atoms with van der Waals surface area (Å²) in [7, 11) is 0. The number of hydrogen-bond acceptors (Lipinski definition) is 1. The van der Waals surface area contributed by atoms with Crippen molar-refractivity contribution in [2.45, 2.75) is 19.8 Å². The van der Waals surface area contributed by atoms with Crippen molar-refractivity contribution in [2.75, 3.05) is 6.61 Å². The first-order valence-electron chi connectivity index (χ1n) is 5.17. The van der Waals surface area contributed by atoms with Gasteiger partial charge in [0, 0.05) is 6.61 Å². The molecule has 0 unspecified atom stereocenters. The summed E-state index contributed by atoms with van der Waals surface area (Å²) in [4.78, 5) is 0. The van der Waals surface area contributed by atoms with Crippen molar-refractivity contribution in [1.29, 1.82) is 0 Å². The summed E-state index contributed by atoms with van der Waals surface area (Å²) >= 11 is 0. The van der Waals surface area contributed by atoms with Crippen LogP contribution in [-0.2, 0) is 4.65 Å². The molecule has 0 heterocycles. The van der Waals surface area contributed by atoms with E-state index in [1.807, 2.05) is 24.2 Å². The van der Waals surface area contributed by atoms with Crippen molar-refractivity contribution in [1.82, 2.24) is 0 Å². The SMILES string of the molecule is C=CB(OCCCC)c1ccccc1. The molecular formula is C12H17BO. The Morgan fingerprint density at radius 2 is 2.07 bits per heavy atom. The molecule has 0 spiro atoms. The molecule has 0 saturated carbocycles. The second-order valence-corrected chi connectivity index (χ2v) is 3.29. The highest BCUT2D eigenvalue weighted by Crippen LogP contribution is 1.95. The van der Waals surface area contributed by atoms with Crippen LogP contribution in [0.2, 0.25) is 0 Å². The van der Waals surface area contributed by atoms with Gasteiger partial charge in [0.15, 0.2) is 0 Å². The van der Waals surface area contributed by atoms with Crippen LogP contribution in [0, 0.1) is 0 Å². The fourth-order valence-electron chi connectivity index (χ4n) is 1.30. The first kappa shape index (κ1) is 11.1. The molecule has 0 aliphatic heterocycles. The van der Waals surface area contributed by atoms with Crippen LogP contribution >= 0.6 is 0 Å². The Balaban J connectivity index is 2.50.